The van der Waals surface area contributed by atoms with Crippen LogP contribution in [0.2, 0.25) is 0 Å². The van der Waals surface area contributed by atoms with Crippen molar-refractivity contribution < 1.29 is 4.79 Å². The highest BCUT2D eigenvalue weighted by Gasteiger charge is 2.02. The first-order valence-corrected chi connectivity index (χ1v) is 4.94. The molecule has 0 unspecified atom stereocenters. The molecule has 14 heavy (non-hydrogen) atoms. The Balaban J connectivity index is 2.48. The third-order valence-corrected chi connectivity index (χ3v) is 1.98. The lowest BCUT2D eigenvalue weighted by Crippen LogP contribution is -2.21. The van der Waals surface area contributed by atoms with E-state index in [1.165, 1.54) is 0 Å². The Morgan fingerprint density at radius 2 is 2.36 bits per heavy atom. The van der Waals surface area contributed by atoms with E-state index in [0.29, 0.717) is 19.0 Å². The summed E-state index contributed by atoms with van der Waals surface area (Å²) in [5.41, 5.74) is 0.903. The monoisotopic (exact) mass is 195 g/mol. The molecule has 78 valence electrons. The number of rotatable bonds is 4. The third-order valence-electron chi connectivity index (χ3n) is 1.98. The zero-order chi connectivity index (χ0) is 10.6. The van der Waals surface area contributed by atoms with E-state index >= 15 is 0 Å². The highest BCUT2D eigenvalue weighted by molar-refractivity contribution is 5.75. The Bertz CT molecular complexity index is 304. The van der Waals surface area contributed by atoms with Gasteiger partial charge in [0.2, 0.25) is 5.91 Å². The maximum absolute atomic E-state index is 11.0. The molecule has 0 aliphatic heterocycles. The minimum atomic E-state index is 0.0593. The van der Waals surface area contributed by atoms with Gasteiger partial charge in [0, 0.05) is 18.7 Å². The highest BCUT2D eigenvalue weighted by Crippen LogP contribution is 2.03. The number of aromatic nitrogens is 2. The van der Waals surface area contributed by atoms with E-state index in [1.54, 1.807) is 0 Å². The average molecular weight is 195 g/mol. The van der Waals surface area contributed by atoms with Crippen molar-refractivity contribution in [2.24, 2.45) is 0 Å². The van der Waals surface area contributed by atoms with Crippen LogP contribution in [0.25, 0.3) is 0 Å². The molecule has 1 rings (SSSR count). The van der Waals surface area contributed by atoms with Gasteiger partial charge < -0.3 is 5.32 Å². The molecule has 0 aliphatic rings. The van der Waals surface area contributed by atoms with E-state index in [9.17, 15) is 4.79 Å². The van der Waals surface area contributed by atoms with Gasteiger partial charge in [0.1, 0.15) is 0 Å². The van der Waals surface area contributed by atoms with Gasteiger partial charge in [-0.3, -0.25) is 9.48 Å². The molecule has 0 atom stereocenters. The molecule has 0 bridgehead atoms. The first-order valence-electron chi connectivity index (χ1n) is 4.94. The number of hydrogen-bond donors (Lipinski definition) is 1. The van der Waals surface area contributed by atoms with Gasteiger partial charge in [0.05, 0.1) is 12.2 Å². The summed E-state index contributed by atoms with van der Waals surface area (Å²) in [5, 5.41) is 7.10. The molecule has 1 heterocycles. The molecule has 0 saturated carbocycles. The summed E-state index contributed by atoms with van der Waals surface area (Å²) in [6.07, 6.45) is 2.45. The smallest absolute Gasteiger partial charge is 0.220 e. The first-order chi connectivity index (χ1) is 6.63. The standard InChI is InChI=1S/C10H17N3O/c1-4-10(14)11-7-9-5-6-13(12-9)8(2)3/h5-6,8H,4,7H2,1-3H3,(H,11,14). The summed E-state index contributed by atoms with van der Waals surface area (Å²) < 4.78 is 1.88. The lowest BCUT2D eigenvalue weighted by Gasteiger charge is -2.04. The predicted molar refractivity (Wildman–Crippen MR) is 54.7 cm³/mol. The molecule has 0 radical (unpaired) electrons. The fraction of sp³-hybridized carbons (Fsp3) is 0.600. The molecule has 1 amide bonds. The van der Waals surface area contributed by atoms with Crippen molar-refractivity contribution in [1.29, 1.82) is 0 Å². The van der Waals surface area contributed by atoms with Gasteiger partial charge in [-0.1, -0.05) is 6.92 Å². The number of nitrogens with one attached hydrogen (secondary N) is 1. The molecule has 0 fully saturated rings. The van der Waals surface area contributed by atoms with E-state index in [4.69, 9.17) is 0 Å². The first kappa shape index (κ1) is 10.8. The van der Waals surface area contributed by atoms with Crippen molar-refractivity contribution in [2.45, 2.75) is 39.8 Å². The summed E-state index contributed by atoms with van der Waals surface area (Å²) in [6, 6.07) is 2.29. The number of carbonyl (C=O) groups is 1. The fourth-order valence-electron chi connectivity index (χ4n) is 1.07. The predicted octanol–water partition coefficient (Wildman–Crippen LogP) is 1.49. The second kappa shape index (κ2) is 4.79. The van der Waals surface area contributed by atoms with E-state index in [1.807, 2.05) is 23.9 Å². The van der Waals surface area contributed by atoms with E-state index < -0.39 is 0 Å². The van der Waals surface area contributed by atoms with Crippen LogP contribution in [0.15, 0.2) is 12.3 Å². The van der Waals surface area contributed by atoms with E-state index in [-0.39, 0.29) is 5.91 Å². The molecule has 0 aromatic carbocycles. The van der Waals surface area contributed by atoms with Crippen molar-refractivity contribution in [3.8, 4) is 0 Å². The minimum Gasteiger partial charge on any atom is -0.350 e. The number of amides is 1. The Hall–Kier alpha value is -1.32. The van der Waals surface area contributed by atoms with Gasteiger partial charge in [-0.2, -0.15) is 5.10 Å². The average Bonchev–Trinajstić information content (AvgIpc) is 2.62. The van der Waals surface area contributed by atoms with Crippen LogP contribution in [0.1, 0.15) is 38.9 Å². The van der Waals surface area contributed by atoms with Gasteiger partial charge in [-0.25, -0.2) is 0 Å². The van der Waals surface area contributed by atoms with Crippen LogP contribution in [0, 0.1) is 0 Å². The Morgan fingerprint density at radius 1 is 1.64 bits per heavy atom. The molecule has 0 aliphatic carbocycles. The van der Waals surface area contributed by atoms with Gasteiger partial charge in [0.15, 0.2) is 0 Å². The maximum atomic E-state index is 11.0. The second-order valence-corrected chi connectivity index (χ2v) is 3.51. The zero-order valence-corrected chi connectivity index (χ0v) is 8.95. The normalized spacial score (nSPS) is 10.6. The van der Waals surface area contributed by atoms with Crippen molar-refractivity contribution in [2.75, 3.05) is 0 Å². The maximum Gasteiger partial charge on any atom is 0.220 e. The number of carbonyl (C=O) groups excluding carboxylic acids is 1. The summed E-state index contributed by atoms with van der Waals surface area (Å²) in [7, 11) is 0. The van der Waals surface area contributed by atoms with Gasteiger partial charge in [-0.05, 0) is 19.9 Å². The van der Waals surface area contributed by atoms with Gasteiger partial charge in [-0.15, -0.1) is 0 Å². The van der Waals surface area contributed by atoms with Crippen molar-refractivity contribution >= 4 is 5.91 Å². The van der Waals surface area contributed by atoms with Crippen LogP contribution in [-0.2, 0) is 11.3 Å². The molecule has 1 N–H and O–H groups in total. The van der Waals surface area contributed by atoms with E-state index in [0.717, 1.165) is 5.69 Å². The van der Waals surface area contributed by atoms with Crippen LogP contribution in [-0.4, -0.2) is 15.7 Å². The highest BCUT2D eigenvalue weighted by atomic mass is 16.1. The Labute approximate surface area is 84.3 Å². The Morgan fingerprint density at radius 3 is 2.86 bits per heavy atom. The van der Waals surface area contributed by atoms with Gasteiger partial charge in [0.25, 0.3) is 0 Å². The molecule has 0 spiro atoms. The molecular weight excluding hydrogens is 178 g/mol. The molecule has 0 saturated heterocycles. The number of hydrogen-bond acceptors (Lipinski definition) is 2. The van der Waals surface area contributed by atoms with E-state index in [2.05, 4.69) is 24.3 Å². The van der Waals surface area contributed by atoms with Crippen LogP contribution >= 0.6 is 0 Å². The fourth-order valence-corrected chi connectivity index (χ4v) is 1.07. The number of nitrogens with zero attached hydrogens (tertiary/aromatic N) is 2. The second-order valence-electron chi connectivity index (χ2n) is 3.51. The molecular formula is C10H17N3O. The molecule has 4 nitrogen and oxygen atoms in total. The third kappa shape index (κ3) is 2.87. The minimum absolute atomic E-state index is 0.0593. The summed E-state index contributed by atoms with van der Waals surface area (Å²) in [6.45, 7) is 6.50. The topological polar surface area (TPSA) is 46.9 Å². The zero-order valence-electron chi connectivity index (χ0n) is 8.95. The van der Waals surface area contributed by atoms with Gasteiger partial charge >= 0.3 is 0 Å². The molecule has 4 heteroatoms. The quantitative estimate of drug-likeness (QED) is 0.791. The van der Waals surface area contributed by atoms with Crippen molar-refractivity contribution in [3.05, 3.63) is 18.0 Å². The van der Waals surface area contributed by atoms with Crippen molar-refractivity contribution in [1.82, 2.24) is 15.1 Å². The van der Waals surface area contributed by atoms with Crippen LogP contribution in [0.5, 0.6) is 0 Å². The van der Waals surface area contributed by atoms with Crippen LogP contribution < -0.4 is 5.32 Å². The molecule has 1 aromatic heterocycles. The summed E-state index contributed by atoms with van der Waals surface area (Å²) in [5.74, 6) is 0.0593. The van der Waals surface area contributed by atoms with Crippen molar-refractivity contribution in [3.63, 3.8) is 0 Å². The summed E-state index contributed by atoms with van der Waals surface area (Å²) in [4.78, 5) is 11.0. The Kier molecular flexibility index (Phi) is 3.68. The molecule has 1 aromatic rings. The lowest BCUT2D eigenvalue weighted by molar-refractivity contribution is -0.120. The lowest BCUT2D eigenvalue weighted by atomic mass is 10.4. The largest absolute Gasteiger partial charge is 0.350 e. The van der Waals surface area contributed by atoms with Crippen LogP contribution in [0.3, 0.4) is 0 Å². The van der Waals surface area contributed by atoms with Crippen LogP contribution in [0.4, 0.5) is 0 Å². The SMILES string of the molecule is CCC(=O)NCc1ccn(C(C)C)n1. The summed E-state index contributed by atoms with van der Waals surface area (Å²) >= 11 is 0.